The van der Waals surface area contributed by atoms with Gasteiger partial charge in [-0.15, -0.1) is 5.10 Å². The highest BCUT2D eigenvalue weighted by atomic mass is 16.2. The number of hydrogen-bond donors (Lipinski definition) is 2. The van der Waals surface area contributed by atoms with E-state index in [0.717, 1.165) is 0 Å². The molecule has 2 amide bonds. The third-order valence-corrected chi connectivity index (χ3v) is 2.39. The lowest BCUT2D eigenvalue weighted by molar-refractivity contribution is -0.120. The Morgan fingerprint density at radius 2 is 2.00 bits per heavy atom. The number of hydrogen-bond acceptors (Lipinski definition) is 5. The summed E-state index contributed by atoms with van der Waals surface area (Å²) in [6.07, 6.45) is 1.56. The highest BCUT2D eigenvalue weighted by molar-refractivity contribution is 6.04. The predicted octanol–water partition coefficient (Wildman–Crippen LogP) is -0.307. The van der Waals surface area contributed by atoms with Gasteiger partial charge >= 0.3 is 0 Å². The van der Waals surface area contributed by atoms with Crippen LogP contribution < -0.4 is 11.1 Å². The molecule has 0 saturated carbocycles. The predicted molar refractivity (Wildman–Crippen MR) is 66.8 cm³/mol. The van der Waals surface area contributed by atoms with Crippen LogP contribution in [0.4, 0.5) is 0 Å². The maximum absolute atomic E-state index is 11.7. The zero-order valence-electron chi connectivity index (χ0n) is 10.1. The first-order valence-corrected chi connectivity index (χ1v) is 5.67. The van der Waals surface area contributed by atoms with Gasteiger partial charge in [-0.3, -0.25) is 14.9 Å². The summed E-state index contributed by atoms with van der Waals surface area (Å²) in [4.78, 5) is 23.4. The van der Waals surface area contributed by atoms with E-state index in [9.17, 15) is 9.59 Å². The summed E-state index contributed by atoms with van der Waals surface area (Å²) in [5.74, 6) is -0.896. The molecule has 0 atom stereocenters. The summed E-state index contributed by atoms with van der Waals surface area (Å²) in [6, 6.07) is 8.51. The summed E-state index contributed by atoms with van der Waals surface area (Å²) < 4.78 is 1.33. The van der Waals surface area contributed by atoms with Crippen LogP contribution in [0.15, 0.2) is 36.5 Å². The van der Waals surface area contributed by atoms with Gasteiger partial charge in [0.1, 0.15) is 6.54 Å². The molecule has 1 aromatic heterocycles. The molecule has 0 aliphatic carbocycles. The van der Waals surface area contributed by atoms with Crippen LogP contribution in [0.25, 0.3) is 0 Å². The monoisotopic (exact) mass is 259 g/mol. The lowest BCUT2D eigenvalue weighted by atomic mass is 10.2. The van der Waals surface area contributed by atoms with Gasteiger partial charge in [0.25, 0.3) is 5.91 Å². The van der Waals surface area contributed by atoms with E-state index >= 15 is 0 Å². The molecule has 7 nitrogen and oxygen atoms in total. The van der Waals surface area contributed by atoms with Gasteiger partial charge in [-0.25, -0.2) is 4.68 Å². The number of carbonyl (C=O) groups excluding carboxylic acids is 2. The molecule has 0 spiro atoms. The standard InChI is InChI=1S/C12H13N5O2/c13-6-10-7-17(16-15-10)8-11(18)14-12(19)9-4-2-1-3-5-9/h1-5,7H,6,8,13H2,(H,14,18,19). The normalized spacial score (nSPS) is 10.2. The molecule has 19 heavy (non-hydrogen) atoms. The first-order valence-electron chi connectivity index (χ1n) is 5.67. The third-order valence-electron chi connectivity index (χ3n) is 2.39. The molecule has 0 saturated heterocycles. The van der Waals surface area contributed by atoms with Gasteiger partial charge in [0.05, 0.1) is 11.9 Å². The van der Waals surface area contributed by atoms with Gasteiger partial charge in [0.15, 0.2) is 0 Å². The first-order chi connectivity index (χ1) is 9.19. The Morgan fingerprint density at radius 3 is 2.63 bits per heavy atom. The number of imide groups is 1. The molecule has 0 bridgehead atoms. The molecule has 98 valence electrons. The van der Waals surface area contributed by atoms with E-state index in [1.807, 2.05) is 0 Å². The lowest BCUT2D eigenvalue weighted by Gasteiger charge is -2.03. The average Bonchev–Trinajstić information content (AvgIpc) is 2.87. The third kappa shape index (κ3) is 3.46. The fraction of sp³-hybridized carbons (Fsp3) is 0.167. The molecular formula is C12H13N5O2. The van der Waals surface area contributed by atoms with Crippen LogP contribution in [-0.4, -0.2) is 26.8 Å². The Bertz CT molecular complexity index is 579. The number of rotatable bonds is 4. The second kappa shape index (κ2) is 5.87. The summed E-state index contributed by atoms with van der Waals surface area (Å²) >= 11 is 0. The van der Waals surface area contributed by atoms with Gasteiger partial charge < -0.3 is 5.73 Å². The number of nitrogens with two attached hydrogens (primary N) is 1. The average molecular weight is 259 g/mol. The van der Waals surface area contributed by atoms with Crippen molar-refractivity contribution in [2.24, 2.45) is 5.73 Å². The molecule has 0 aliphatic rings. The molecule has 3 N–H and O–H groups in total. The van der Waals surface area contributed by atoms with Crippen molar-refractivity contribution in [1.29, 1.82) is 0 Å². The van der Waals surface area contributed by atoms with Crippen LogP contribution in [0, 0.1) is 0 Å². The van der Waals surface area contributed by atoms with E-state index in [1.54, 1.807) is 36.5 Å². The zero-order chi connectivity index (χ0) is 13.7. The Morgan fingerprint density at radius 1 is 1.26 bits per heavy atom. The van der Waals surface area contributed by atoms with E-state index in [4.69, 9.17) is 5.73 Å². The van der Waals surface area contributed by atoms with E-state index in [2.05, 4.69) is 15.6 Å². The minimum Gasteiger partial charge on any atom is -0.325 e. The Labute approximate surface area is 109 Å². The van der Waals surface area contributed by atoms with Crippen molar-refractivity contribution in [2.45, 2.75) is 13.1 Å². The Hall–Kier alpha value is -2.54. The summed E-state index contributed by atoms with van der Waals surface area (Å²) in [5.41, 5.74) is 6.39. The van der Waals surface area contributed by atoms with Gasteiger partial charge in [0.2, 0.25) is 5.91 Å². The van der Waals surface area contributed by atoms with Gasteiger partial charge in [0, 0.05) is 12.1 Å². The molecule has 0 aliphatic heterocycles. The topological polar surface area (TPSA) is 103 Å². The number of amides is 2. The molecule has 2 aromatic rings. The van der Waals surface area contributed by atoms with Crippen molar-refractivity contribution >= 4 is 11.8 Å². The van der Waals surface area contributed by atoms with E-state index < -0.39 is 11.8 Å². The fourth-order valence-electron chi connectivity index (χ4n) is 1.48. The zero-order valence-corrected chi connectivity index (χ0v) is 10.1. The number of benzene rings is 1. The van der Waals surface area contributed by atoms with Crippen LogP contribution >= 0.6 is 0 Å². The molecule has 0 radical (unpaired) electrons. The maximum Gasteiger partial charge on any atom is 0.257 e. The minimum atomic E-state index is -0.456. The molecule has 7 heteroatoms. The summed E-state index contributed by atoms with van der Waals surface area (Å²) in [7, 11) is 0. The number of carbonyl (C=O) groups is 2. The largest absolute Gasteiger partial charge is 0.325 e. The molecular weight excluding hydrogens is 246 g/mol. The van der Waals surface area contributed by atoms with Crippen LogP contribution in [0.2, 0.25) is 0 Å². The van der Waals surface area contributed by atoms with Gasteiger partial charge in [-0.05, 0) is 12.1 Å². The number of nitrogens with one attached hydrogen (secondary N) is 1. The summed E-state index contributed by atoms with van der Waals surface area (Å²) in [5, 5.41) is 9.74. The number of nitrogens with zero attached hydrogens (tertiary/aromatic N) is 3. The fourth-order valence-corrected chi connectivity index (χ4v) is 1.48. The van der Waals surface area contributed by atoms with E-state index in [1.165, 1.54) is 4.68 Å². The first kappa shape index (κ1) is 12.9. The highest BCUT2D eigenvalue weighted by Gasteiger charge is 2.11. The van der Waals surface area contributed by atoms with Crippen molar-refractivity contribution in [2.75, 3.05) is 0 Å². The SMILES string of the molecule is NCc1cn(CC(=O)NC(=O)c2ccccc2)nn1. The van der Waals surface area contributed by atoms with Crippen molar-refractivity contribution in [1.82, 2.24) is 20.3 Å². The van der Waals surface area contributed by atoms with Crippen LogP contribution in [-0.2, 0) is 17.9 Å². The smallest absolute Gasteiger partial charge is 0.257 e. The highest BCUT2D eigenvalue weighted by Crippen LogP contribution is 1.98. The molecule has 1 heterocycles. The van der Waals surface area contributed by atoms with Crippen molar-refractivity contribution in [3.8, 4) is 0 Å². The maximum atomic E-state index is 11.7. The van der Waals surface area contributed by atoms with Crippen molar-refractivity contribution < 1.29 is 9.59 Å². The molecule has 0 unspecified atom stereocenters. The Kier molecular flexibility index (Phi) is 3.99. The van der Waals surface area contributed by atoms with E-state index in [-0.39, 0.29) is 13.1 Å². The number of aromatic nitrogens is 3. The lowest BCUT2D eigenvalue weighted by Crippen LogP contribution is -2.33. The van der Waals surface area contributed by atoms with Crippen LogP contribution in [0.3, 0.4) is 0 Å². The Balaban J connectivity index is 1.93. The van der Waals surface area contributed by atoms with Crippen molar-refractivity contribution in [3.05, 3.63) is 47.8 Å². The van der Waals surface area contributed by atoms with E-state index in [0.29, 0.717) is 11.3 Å². The van der Waals surface area contributed by atoms with Crippen molar-refractivity contribution in [3.63, 3.8) is 0 Å². The minimum absolute atomic E-state index is 0.0778. The molecule has 1 aromatic carbocycles. The second-order valence-corrected chi connectivity index (χ2v) is 3.85. The molecule has 0 fully saturated rings. The summed E-state index contributed by atoms with van der Waals surface area (Å²) in [6.45, 7) is 0.177. The van der Waals surface area contributed by atoms with Crippen LogP contribution in [0.5, 0.6) is 0 Å². The van der Waals surface area contributed by atoms with Gasteiger partial charge in [-0.2, -0.15) is 0 Å². The van der Waals surface area contributed by atoms with Gasteiger partial charge in [-0.1, -0.05) is 23.4 Å². The molecule has 2 rings (SSSR count). The quantitative estimate of drug-likeness (QED) is 0.784. The van der Waals surface area contributed by atoms with Crippen LogP contribution in [0.1, 0.15) is 16.1 Å². The second-order valence-electron chi connectivity index (χ2n) is 3.85.